The van der Waals surface area contributed by atoms with Crippen LogP contribution in [0.4, 0.5) is 0 Å². The van der Waals surface area contributed by atoms with Crippen LogP contribution >= 0.6 is 11.8 Å². The lowest BCUT2D eigenvalue weighted by Gasteiger charge is -2.26. The van der Waals surface area contributed by atoms with Gasteiger partial charge in [-0.3, -0.25) is 9.36 Å². The van der Waals surface area contributed by atoms with Gasteiger partial charge < -0.3 is 10.0 Å². The Morgan fingerprint density at radius 3 is 2.45 bits per heavy atom. The number of phenols is 1. The Hall–Kier alpha value is -2.80. The molecule has 0 saturated carbocycles. The molecule has 0 spiro atoms. The van der Waals surface area contributed by atoms with Crippen LogP contribution in [0.1, 0.15) is 24.8 Å². The average Bonchev–Trinajstić information content (AvgIpc) is 3.16. The number of hydrogen-bond acceptors (Lipinski definition) is 5. The zero-order valence-corrected chi connectivity index (χ0v) is 17.0. The number of carbonyl (C=O) groups is 1. The molecule has 1 aliphatic rings. The van der Waals surface area contributed by atoms with Gasteiger partial charge in [-0.25, -0.2) is 0 Å². The van der Waals surface area contributed by atoms with E-state index < -0.39 is 0 Å². The standard InChI is InChI=1S/C22H24N4O2S/c27-19-12-6-5-11-18(19)21-23-24-22(26(21)15-17-9-3-1-4-10-17)29-16-20(28)25-13-7-2-8-14-25/h1,3-6,9-12,27H,2,7-8,13-16H2. The predicted octanol–water partition coefficient (Wildman–Crippen LogP) is 3.80. The van der Waals surface area contributed by atoms with E-state index in [-0.39, 0.29) is 11.7 Å². The third kappa shape index (κ3) is 4.62. The van der Waals surface area contributed by atoms with Crippen LogP contribution in [0.3, 0.4) is 0 Å². The summed E-state index contributed by atoms with van der Waals surface area (Å²) in [7, 11) is 0. The molecule has 0 bridgehead atoms. The molecule has 6 nitrogen and oxygen atoms in total. The van der Waals surface area contributed by atoms with Gasteiger partial charge in [0.1, 0.15) is 5.75 Å². The molecule has 7 heteroatoms. The summed E-state index contributed by atoms with van der Waals surface area (Å²) in [5.41, 5.74) is 1.73. The summed E-state index contributed by atoms with van der Waals surface area (Å²) >= 11 is 1.41. The Bertz CT molecular complexity index is 968. The monoisotopic (exact) mass is 408 g/mol. The Kier molecular flexibility index (Phi) is 6.14. The number of carbonyl (C=O) groups excluding carboxylic acids is 1. The summed E-state index contributed by atoms with van der Waals surface area (Å²) in [5.74, 6) is 1.25. The molecule has 4 rings (SSSR count). The first kappa shape index (κ1) is 19.5. The van der Waals surface area contributed by atoms with Crippen molar-refractivity contribution in [2.45, 2.75) is 31.0 Å². The van der Waals surface area contributed by atoms with Crippen molar-refractivity contribution in [3.63, 3.8) is 0 Å². The molecule has 1 amide bonds. The number of nitrogens with zero attached hydrogens (tertiary/aromatic N) is 4. The van der Waals surface area contributed by atoms with Gasteiger partial charge in [-0.15, -0.1) is 10.2 Å². The van der Waals surface area contributed by atoms with Gasteiger partial charge in [0.15, 0.2) is 11.0 Å². The summed E-state index contributed by atoms with van der Waals surface area (Å²) in [6.45, 7) is 2.26. The van der Waals surface area contributed by atoms with E-state index in [1.165, 1.54) is 18.2 Å². The van der Waals surface area contributed by atoms with E-state index in [0.29, 0.717) is 28.8 Å². The zero-order valence-electron chi connectivity index (χ0n) is 16.2. The van der Waals surface area contributed by atoms with E-state index in [4.69, 9.17) is 0 Å². The minimum atomic E-state index is 0.146. The molecule has 150 valence electrons. The van der Waals surface area contributed by atoms with Crippen molar-refractivity contribution in [2.75, 3.05) is 18.8 Å². The highest BCUT2D eigenvalue weighted by Gasteiger charge is 2.21. The molecule has 1 saturated heterocycles. The van der Waals surface area contributed by atoms with E-state index in [1.807, 2.05) is 51.9 Å². The molecule has 1 fully saturated rings. The third-order valence-electron chi connectivity index (χ3n) is 5.08. The number of thioether (sulfide) groups is 1. The minimum absolute atomic E-state index is 0.146. The zero-order chi connectivity index (χ0) is 20.1. The van der Waals surface area contributed by atoms with Crippen molar-refractivity contribution in [3.8, 4) is 17.1 Å². The molecule has 0 aliphatic carbocycles. The number of benzene rings is 2. The Labute approximate surface area is 174 Å². The quantitative estimate of drug-likeness (QED) is 0.628. The second kappa shape index (κ2) is 9.13. The number of likely N-dealkylation sites (tertiary alicyclic amines) is 1. The highest BCUT2D eigenvalue weighted by Crippen LogP contribution is 2.31. The molecule has 0 atom stereocenters. The van der Waals surface area contributed by atoms with Crippen LogP contribution in [0.2, 0.25) is 0 Å². The largest absolute Gasteiger partial charge is 0.507 e. The smallest absolute Gasteiger partial charge is 0.233 e. The third-order valence-corrected chi connectivity index (χ3v) is 6.03. The normalized spacial score (nSPS) is 14.1. The first-order valence-corrected chi connectivity index (χ1v) is 10.9. The number of rotatable bonds is 6. The molecule has 1 N–H and O–H groups in total. The summed E-state index contributed by atoms with van der Waals surface area (Å²) < 4.78 is 1.97. The van der Waals surface area contributed by atoms with Crippen molar-refractivity contribution in [3.05, 3.63) is 60.2 Å². The Morgan fingerprint density at radius 2 is 1.69 bits per heavy atom. The molecule has 1 aliphatic heterocycles. The van der Waals surface area contributed by atoms with Crippen LogP contribution in [0.5, 0.6) is 5.75 Å². The molecule has 2 aromatic carbocycles. The fourth-order valence-electron chi connectivity index (χ4n) is 3.53. The summed E-state index contributed by atoms with van der Waals surface area (Å²) in [5, 5.41) is 19.7. The average molecular weight is 409 g/mol. The predicted molar refractivity (Wildman–Crippen MR) is 114 cm³/mol. The van der Waals surface area contributed by atoms with Crippen molar-refractivity contribution in [2.24, 2.45) is 0 Å². The van der Waals surface area contributed by atoms with E-state index in [0.717, 1.165) is 31.5 Å². The van der Waals surface area contributed by atoms with Crippen molar-refractivity contribution in [1.29, 1.82) is 0 Å². The van der Waals surface area contributed by atoms with Crippen LogP contribution < -0.4 is 0 Å². The first-order chi connectivity index (χ1) is 14.2. The second-order valence-electron chi connectivity index (χ2n) is 7.13. The molecular weight excluding hydrogens is 384 g/mol. The SMILES string of the molecule is O=C(CSc1nnc(-c2ccccc2O)n1Cc1ccccc1)N1CCCCC1. The number of aromatic hydroxyl groups is 1. The number of piperidine rings is 1. The van der Waals surface area contributed by atoms with Gasteiger partial charge in [0.2, 0.25) is 5.91 Å². The summed E-state index contributed by atoms with van der Waals surface area (Å²) in [6.07, 6.45) is 3.36. The lowest BCUT2D eigenvalue weighted by molar-refractivity contribution is -0.129. The van der Waals surface area contributed by atoms with Crippen molar-refractivity contribution >= 4 is 17.7 Å². The molecule has 29 heavy (non-hydrogen) atoms. The number of amides is 1. The summed E-state index contributed by atoms with van der Waals surface area (Å²) in [6, 6.07) is 17.2. The molecule has 0 radical (unpaired) electrons. The minimum Gasteiger partial charge on any atom is -0.507 e. The lowest BCUT2D eigenvalue weighted by Crippen LogP contribution is -2.36. The van der Waals surface area contributed by atoms with Gasteiger partial charge in [-0.05, 0) is 37.0 Å². The van der Waals surface area contributed by atoms with Crippen molar-refractivity contribution in [1.82, 2.24) is 19.7 Å². The number of aromatic nitrogens is 3. The van der Waals surface area contributed by atoms with Gasteiger partial charge in [-0.1, -0.05) is 54.2 Å². The van der Waals surface area contributed by atoms with E-state index in [1.54, 1.807) is 12.1 Å². The maximum absolute atomic E-state index is 12.6. The van der Waals surface area contributed by atoms with E-state index in [9.17, 15) is 9.90 Å². The fourth-order valence-corrected chi connectivity index (χ4v) is 4.37. The van der Waals surface area contributed by atoms with Crippen molar-refractivity contribution < 1.29 is 9.90 Å². The van der Waals surface area contributed by atoms with Gasteiger partial charge in [0.25, 0.3) is 0 Å². The number of hydrogen-bond donors (Lipinski definition) is 1. The molecule has 1 aromatic heterocycles. The maximum atomic E-state index is 12.6. The fraction of sp³-hybridized carbons (Fsp3) is 0.318. The van der Waals surface area contributed by atoms with Gasteiger partial charge in [0, 0.05) is 13.1 Å². The number of para-hydroxylation sites is 1. The first-order valence-electron chi connectivity index (χ1n) is 9.88. The van der Waals surface area contributed by atoms with Gasteiger partial charge >= 0.3 is 0 Å². The van der Waals surface area contributed by atoms with Crippen LogP contribution in [-0.4, -0.2) is 49.5 Å². The van der Waals surface area contributed by atoms with Crippen LogP contribution in [0.15, 0.2) is 59.8 Å². The summed E-state index contributed by atoms with van der Waals surface area (Å²) in [4.78, 5) is 14.5. The van der Waals surface area contributed by atoms with E-state index >= 15 is 0 Å². The number of phenolic OH excluding ortho intramolecular Hbond substituents is 1. The topological polar surface area (TPSA) is 71.2 Å². The maximum Gasteiger partial charge on any atom is 0.233 e. The molecule has 3 aromatic rings. The Balaban J connectivity index is 1.59. The van der Waals surface area contributed by atoms with Crippen LogP contribution in [0, 0.1) is 0 Å². The second-order valence-corrected chi connectivity index (χ2v) is 8.07. The molecular formula is C22H24N4O2S. The van der Waals surface area contributed by atoms with Crippen LogP contribution in [-0.2, 0) is 11.3 Å². The Morgan fingerprint density at radius 1 is 0.966 bits per heavy atom. The lowest BCUT2D eigenvalue weighted by atomic mass is 10.1. The van der Waals surface area contributed by atoms with E-state index in [2.05, 4.69) is 10.2 Å². The highest BCUT2D eigenvalue weighted by atomic mass is 32.2. The van der Waals surface area contributed by atoms with Gasteiger partial charge in [-0.2, -0.15) is 0 Å². The molecule has 0 unspecified atom stereocenters. The van der Waals surface area contributed by atoms with Gasteiger partial charge in [0.05, 0.1) is 17.9 Å². The molecule has 2 heterocycles. The highest BCUT2D eigenvalue weighted by molar-refractivity contribution is 7.99. The van der Waals surface area contributed by atoms with Crippen LogP contribution in [0.25, 0.3) is 11.4 Å².